The summed E-state index contributed by atoms with van der Waals surface area (Å²) in [7, 11) is 4.13. The van der Waals surface area contributed by atoms with Gasteiger partial charge in [-0.15, -0.1) is 0 Å². The first-order valence-corrected chi connectivity index (χ1v) is 6.00. The number of nitrogens with zero attached hydrogens (tertiary/aromatic N) is 3. The van der Waals surface area contributed by atoms with Crippen molar-refractivity contribution in [2.24, 2.45) is 0 Å². The van der Waals surface area contributed by atoms with Gasteiger partial charge in [0.1, 0.15) is 0 Å². The molecule has 1 heterocycles. The van der Waals surface area contributed by atoms with Crippen LogP contribution in [0.15, 0.2) is 12.3 Å². The van der Waals surface area contributed by atoms with E-state index in [1.165, 1.54) is 6.42 Å². The summed E-state index contributed by atoms with van der Waals surface area (Å²) in [6, 6.07) is 2.55. The Morgan fingerprint density at radius 2 is 2.25 bits per heavy atom. The van der Waals surface area contributed by atoms with Gasteiger partial charge in [0.2, 0.25) is 0 Å². The Bertz CT molecular complexity index is 293. The molecule has 0 bridgehead atoms. The lowest BCUT2D eigenvalue weighted by Crippen LogP contribution is -2.22. The predicted octanol–water partition coefficient (Wildman–Crippen LogP) is 1.51. The second kappa shape index (κ2) is 6.66. The zero-order valence-corrected chi connectivity index (χ0v) is 10.9. The smallest absolute Gasteiger partial charge is 0.0764 e. The molecule has 1 aromatic heterocycles. The maximum absolute atomic E-state index is 4.54. The van der Waals surface area contributed by atoms with Crippen LogP contribution < -0.4 is 5.32 Å². The van der Waals surface area contributed by atoms with Gasteiger partial charge in [-0.25, -0.2) is 0 Å². The SMILES string of the molecule is CNCCCN(C)Cc1ccn(C(C)C)n1. The van der Waals surface area contributed by atoms with E-state index in [-0.39, 0.29) is 0 Å². The largest absolute Gasteiger partial charge is 0.320 e. The van der Waals surface area contributed by atoms with Gasteiger partial charge in [-0.2, -0.15) is 5.10 Å². The number of rotatable bonds is 7. The molecule has 1 aromatic rings. The first kappa shape index (κ1) is 13.2. The van der Waals surface area contributed by atoms with E-state index in [0.29, 0.717) is 6.04 Å². The maximum Gasteiger partial charge on any atom is 0.0764 e. The Morgan fingerprint density at radius 1 is 1.50 bits per heavy atom. The van der Waals surface area contributed by atoms with Crippen molar-refractivity contribution in [2.45, 2.75) is 32.9 Å². The lowest BCUT2D eigenvalue weighted by atomic mass is 10.3. The molecule has 0 saturated heterocycles. The van der Waals surface area contributed by atoms with Gasteiger partial charge in [0.25, 0.3) is 0 Å². The van der Waals surface area contributed by atoms with Crippen LogP contribution in [-0.4, -0.2) is 41.9 Å². The molecule has 0 aromatic carbocycles. The average Bonchev–Trinajstić information content (AvgIpc) is 2.66. The molecule has 16 heavy (non-hydrogen) atoms. The highest BCUT2D eigenvalue weighted by atomic mass is 15.3. The Balaban J connectivity index is 2.34. The molecule has 0 unspecified atom stereocenters. The molecule has 4 nitrogen and oxygen atoms in total. The van der Waals surface area contributed by atoms with E-state index in [0.717, 1.165) is 25.3 Å². The van der Waals surface area contributed by atoms with Crippen LogP contribution in [0.4, 0.5) is 0 Å². The molecule has 1 rings (SSSR count). The van der Waals surface area contributed by atoms with Gasteiger partial charge in [-0.1, -0.05) is 0 Å². The van der Waals surface area contributed by atoms with Crippen LogP contribution in [0, 0.1) is 0 Å². The molecule has 0 saturated carbocycles. The monoisotopic (exact) mass is 224 g/mol. The highest BCUT2D eigenvalue weighted by molar-refractivity contribution is 4.99. The summed E-state index contributed by atoms with van der Waals surface area (Å²) in [5.41, 5.74) is 1.15. The van der Waals surface area contributed by atoms with Gasteiger partial charge in [-0.3, -0.25) is 4.68 Å². The van der Waals surface area contributed by atoms with Crippen LogP contribution in [0.2, 0.25) is 0 Å². The summed E-state index contributed by atoms with van der Waals surface area (Å²) in [6.07, 6.45) is 3.24. The van der Waals surface area contributed by atoms with Gasteiger partial charge in [0, 0.05) is 18.8 Å². The zero-order chi connectivity index (χ0) is 12.0. The van der Waals surface area contributed by atoms with Crippen molar-refractivity contribution in [1.29, 1.82) is 0 Å². The Labute approximate surface area is 98.6 Å². The highest BCUT2D eigenvalue weighted by Crippen LogP contribution is 2.06. The summed E-state index contributed by atoms with van der Waals surface area (Å²) >= 11 is 0. The van der Waals surface area contributed by atoms with Crippen LogP contribution >= 0.6 is 0 Å². The van der Waals surface area contributed by atoms with E-state index in [1.54, 1.807) is 0 Å². The van der Waals surface area contributed by atoms with Gasteiger partial charge in [-0.05, 0) is 53.5 Å². The van der Waals surface area contributed by atoms with E-state index in [2.05, 4.69) is 48.5 Å². The Hall–Kier alpha value is -0.870. The number of hydrogen-bond donors (Lipinski definition) is 1. The second-order valence-corrected chi connectivity index (χ2v) is 4.58. The molecule has 0 spiro atoms. The molecular formula is C12H24N4. The zero-order valence-electron chi connectivity index (χ0n) is 10.9. The Kier molecular flexibility index (Phi) is 5.49. The fourth-order valence-corrected chi connectivity index (χ4v) is 1.63. The fourth-order valence-electron chi connectivity index (χ4n) is 1.63. The van der Waals surface area contributed by atoms with Crippen molar-refractivity contribution in [2.75, 3.05) is 27.2 Å². The van der Waals surface area contributed by atoms with E-state index >= 15 is 0 Å². The molecule has 0 fully saturated rings. The van der Waals surface area contributed by atoms with E-state index in [9.17, 15) is 0 Å². The van der Waals surface area contributed by atoms with Crippen LogP contribution in [0.25, 0.3) is 0 Å². The van der Waals surface area contributed by atoms with Crippen LogP contribution in [0.5, 0.6) is 0 Å². The third-order valence-corrected chi connectivity index (χ3v) is 2.59. The molecule has 4 heteroatoms. The van der Waals surface area contributed by atoms with Crippen LogP contribution in [-0.2, 0) is 6.54 Å². The molecule has 1 N–H and O–H groups in total. The minimum absolute atomic E-state index is 0.448. The lowest BCUT2D eigenvalue weighted by Gasteiger charge is -2.14. The molecule has 0 radical (unpaired) electrons. The van der Waals surface area contributed by atoms with E-state index in [4.69, 9.17) is 0 Å². The Morgan fingerprint density at radius 3 is 2.81 bits per heavy atom. The van der Waals surface area contributed by atoms with Crippen molar-refractivity contribution in [3.05, 3.63) is 18.0 Å². The average molecular weight is 224 g/mol. The van der Waals surface area contributed by atoms with Crippen molar-refractivity contribution in [3.8, 4) is 0 Å². The van der Waals surface area contributed by atoms with Crippen LogP contribution in [0.3, 0.4) is 0 Å². The van der Waals surface area contributed by atoms with Gasteiger partial charge < -0.3 is 10.2 Å². The maximum atomic E-state index is 4.54. The van der Waals surface area contributed by atoms with Crippen LogP contribution in [0.1, 0.15) is 32.0 Å². The molecule has 0 amide bonds. The van der Waals surface area contributed by atoms with Crippen molar-refractivity contribution < 1.29 is 0 Å². The first-order valence-electron chi connectivity index (χ1n) is 6.00. The van der Waals surface area contributed by atoms with Crippen molar-refractivity contribution in [3.63, 3.8) is 0 Å². The van der Waals surface area contributed by atoms with Crippen molar-refractivity contribution in [1.82, 2.24) is 20.0 Å². The minimum atomic E-state index is 0.448. The van der Waals surface area contributed by atoms with Crippen molar-refractivity contribution >= 4 is 0 Å². The minimum Gasteiger partial charge on any atom is -0.320 e. The topological polar surface area (TPSA) is 33.1 Å². The third kappa shape index (κ3) is 4.33. The summed E-state index contributed by atoms with van der Waals surface area (Å²) in [6.45, 7) is 7.41. The molecule has 0 aliphatic heterocycles. The predicted molar refractivity (Wildman–Crippen MR) is 67.5 cm³/mol. The molecule has 92 valence electrons. The van der Waals surface area contributed by atoms with Gasteiger partial charge in [0.05, 0.1) is 5.69 Å². The lowest BCUT2D eigenvalue weighted by molar-refractivity contribution is 0.315. The quantitative estimate of drug-likeness (QED) is 0.713. The fraction of sp³-hybridized carbons (Fsp3) is 0.750. The summed E-state index contributed by atoms with van der Waals surface area (Å²) in [4.78, 5) is 2.31. The third-order valence-electron chi connectivity index (χ3n) is 2.59. The second-order valence-electron chi connectivity index (χ2n) is 4.58. The summed E-state index contributed by atoms with van der Waals surface area (Å²) in [5.74, 6) is 0. The van der Waals surface area contributed by atoms with E-state index in [1.807, 2.05) is 11.7 Å². The number of nitrogens with one attached hydrogen (secondary N) is 1. The molecule has 0 aliphatic carbocycles. The van der Waals surface area contributed by atoms with E-state index < -0.39 is 0 Å². The number of hydrogen-bond acceptors (Lipinski definition) is 3. The normalized spacial score (nSPS) is 11.6. The highest BCUT2D eigenvalue weighted by Gasteiger charge is 2.04. The molecule has 0 atom stereocenters. The number of aromatic nitrogens is 2. The standard InChI is InChI=1S/C12H24N4/c1-11(2)16-9-6-12(14-16)10-15(4)8-5-7-13-3/h6,9,11,13H,5,7-8,10H2,1-4H3. The van der Waals surface area contributed by atoms with Gasteiger partial charge >= 0.3 is 0 Å². The summed E-state index contributed by atoms with van der Waals surface area (Å²) < 4.78 is 2.01. The van der Waals surface area contributed by atoms with Gasteiger partial charge in [0.15, 0.2) is 0 Å². The summed E-state index contributed by atoms with van der Waals surface area (Å²) in [5, 5.41) is 7.70. The first-order chi connectivity index (χ1) is 7.63. The molecule has 0 aliphatic rings. The molecular weight excluding hydrogens is 200 g/mol.